The second-order valence-corrected chi connectivity index (χ2v) is 9.76. The van der Waals surface area contributed by atoms with Crippen LogP contribution >= 0.6 is 0 Å². The van der Waals surface area contributed by atoms with Gasteiger partial charge in [0.05, 0.1) is 0 Å². The largest absolute Gasteiger partial charge is 0.359 e. The summed E-state index contributed by atoms with van der Waals surface area (Å²) in [5, 5.41) is 14.1. The van der Waals surface area contributed by atoms with E-state index in [-0.39, 0.29) is 18.4 Å². The monoisotopic (exact) mass is 451 g/mol. The molecule has 4 aliphatic rings. The lowest BCUT2D eigenvalue weighted by Gasteiger charge is -2.40. The van der Waals surface area contributed by atoms with Crippen molar-refractivity contribution in [2.45, 2.75) is 50.7 Å². The van der Waals surface area contributed by atoms with Gasteiger partial charge in [-0.3, -0.25) is 15.0 Å². The standard InChI is InChI=1S/C25H37N7O/c1-30(2)24(33)22-15-19-16-27-25(29-23(19)32(22)21-5-3-4-6-21)28-20-9-7-18(8-10-20)17-31-13-11-26-12-14-31/h7-10,15-16,21,23,25-29H,3-6,11-14,17H2,1-2H3. The Morgan fingerprint density at radius 1 is 1.12 bits per heavy atom. The minimum absolute atomic E-state index is 0.0118. The molecule has 3 aliphatic heterocycles. The minimum Gasteiger partial charge on any atom is -0.359 e. The third kappa shape index (κ3) is 4.88. The van der Waals surface area contributed by atoms with Crippen molar-refractivity contribution in [1.29, 1.82) is 0 Å². The minimum atomic E-state index is -0.108. The van der Waals surface area contributed by atoms with E-state index in [0.29, 0.717) is 6.04 Å². The number of fused-ring (bicyclic) bond motifs is 1. The van der Waals surface area contributed by atoms with Gasteiger partial charge < -0.3 is 25.8 Å². The van der Waals surface area contributed by atoms with Crippen molar-refractivity contribution in [1.82, 2.24) is 30.7 Å². The summed E-state index contributed by atoms with van der Waals surface area (Å²) in [4.78, 5) is 19.4. The van der Waals surface area contributed by atoms with Gasteiger partial charge in [0.25, 0.3) is 5.91 Å². The molecule has 1 aliphatic carbocycles. The zero-order valence-electron chi connectivity index (χ0n) is 19.8. The molecule has 0 radical (unpaired) electrons. The lowest BCUT2D eigenvalue weighted by molar-refractivity contribution is -0.126. The third-order valence-corrected chi connectivity index (χ3v) is 7.14. The molecule has 3 heterocycles. The number of piperazine rings is 1. The number of nitrogens with one attached hydrogen (secondary N) is 4. The molecular weight excluding hydrogens is 414 g/mol. The predicted octanol–water partition coefficient (Wildman–Crippen LogP) is 1.42. The van der Waals surface area contributed by atoms with E-state index in [1.165, 1.54) is 18.4 Å². The maximum atomic E-state index is 12.9. The highest BCUT2D eigenvalue weighted by atomic mass is 16.2. The molecule has 5 rings (SSSR count). The van der Waals surface area contributed by atoms with Crippen LogP contribution in [0.15, 0.2) is 47.8 Å². The molecule has 1 aromatic rings. The lowest BCUT2D eigenvalue weighted by atomic mass is 10.1. The number of hydrogen-bond donors (Lipinski definition) is 4. The highest BCUT2D eigenvalue weighted by Crippen LogP contribution is 2.36. The van der Waals surface area contributed by atoms with Crippen LogP contribution in [-0.2, 0) is 11.3 Å². The maximum Gasteiger partial charge on any atom is 0.269 e. The van der Waals surface area contributed by atoms with Crippen molar-refractivity contribution >= 4 is 11.6 Å². The van der Waals surface area contributed by atoms with Gasteiger partial charge in [0.15, 0.2) is 6.29 Å². The summed E-state index contributed by atoms with van der Waals surface area (Å²) in [7, 11) is 3.66. The predicted molar refractivity (Wildman–Crippen MR) is 131 cm³/mol. The fraction of sp³-hybridized carbons (Fsp3) is 0.560. The van der Waals surface area contributed by atoms with Gasteiger partial charge in [-0.1, -0.05) is 25.0 Å². The molecule has 1 saturated heterocycles. The number of rotatable bonds is 6. The average molecular weight is 452 g/mol. The van der Waals surface area contributed by atoms with Gasteiger partial charge in [-0.25, -0.2) is 0 Å². The van der Waals surface area contributed by atoms with Gasteiger partial charge in [0.1, 0.15) is 11.9 Å². The van der Waals surface area contributed by atoms with Crippen LogP contribution in [0, 0.1) is 0 Å². The molecule has 1 saturated carbocycles. The van der Waals surface area contributed by atoms with E-state index in [9.17, 15) is 4.79 Å². The Labute approximate surface area is 197 Å². The van der Waals surface area contributed by atoms with Crippen LogP contribution in [0.5, 0.6) is 0 Å². The molecule has 2 atom stereocenters. The van der Waals surface area contributed by atoms with Crippen LogP contribution < -0.4 is 21.3 Å². The first-order valence-corrected chi connectivity index (χ1v) is 12.3. The smallest absolute Gasteiger partial charge is 0.269 e. The molecule has 2 unspecified atom stereocenters. The number of hydrogen-bond acceptors (Lipinski definition) is 7. The summed E-state index contributed by atoms with van der Waals surface area (Å²) < 4.78 is 0. The zero-order chi connectivity index (χ0) is 22.8. The van der Waals surface area contributed by atoms with Crippen molar-refractivity contribution in [3.63, 3.8) is 0 Å². The van der Waals surface area contributed by atoms with Crippen LogP contribution in [0.25, 0.3) is 0 Å². The Morgan fingerprint density at radius 3 is 2.55 bits per heavy atom. The fourth-order valence-electron chi connectivity index (χ4n) is 5.37. The van der Waals surface area contributed by atoms with E-state index in [1.54, 1.807) is 4.90 Å². The Morgan fingerprint density at radius 2 is 1.85 bits per heavy atom. The molecular formula is C25H37N7O. The average Bonchev–Trinajstić information content (AvgIpc) is 3.48. The highest BCUT2D eigenvalue weighted by Gasteiger charge is 2.41. The van der Waals surface area contributed by atoms with Gasteiger partial charge >= 0.3 is 0 Å². The molecule has 0 aromatic heterocycles. The molecule has 0 spiro atoms. The number of carbonyl (C=O) groups is 1. The molecule has 0 bridgehead atoms. The Hall–Kier alpha value is -2.55. The normalized spacial score (nSPS) is 25.8. The highest BCUT2D eigenvalue weighted by molar-refractivity contribution is 5.94. The van der Waals surface area contributed by atoms with Crippen LogP contribution in [-0.4, -0.2) is 79.4 Å². The quantitative estimate of drug-likeness (QED) is 0.521. The van der Waals surface area contributed by atoms with Gasteiger partial charge in [-0.15, -0.1) is 0 Å². The summed E-state index contributed by atoms with van der Waals surface area (Å²) in [6, 6.07) is 9.15. The van der Waals surface area contributed by atoms with E-state index >= 15 is 0 Å². The number of benzene rings is 1. The van der Waals surface area contributed by atoms with Crippen LogP contribution in [0.2, 0.25) is 0 Å². The van der Waals surface area contributed by atoms with Crippen molar-refractivity contribution in [3.8, 4) is 0 Å². The van der Waals surface area contributed by atoms with E-state index in [0.717, 1.165) is 62.5 Å². The van der Waals surface area contributed by atoms with Crippen molar-refractivity contribution < 1.29 is 4.79 Å². The molecule has 2 fully saturated rings. The number of anilines is 1. The molecule has 33 heavy (non-hydrogen) atoms. The van der Waals surface area contributed by atoms with Gasteiger partial charge in [-0.05, 0) is 36.6 Å². The Bertz CT molecular complexity index is 898. The second kappa shape index (κ2) is 9.75. The molecule has 4 N–H and O–H groups in total. The lowest BCUT2D eigenvalue weighted by Crippen LogP contribution is -2.60. The zero-order valence-corrected chi connectivity index (χ0v) is 19.8. The van der Waals surface area contributed by atoms with E-state index in [2.05, 4.69) is 61.5 Å². The number of carbonyl (C=O) groups excluding carboxylic acids is 1. The molecule has 1 amide bonds. The fourth-order valence-corrected chi connectivity index (χ4v) is 5.37. The SMILES string of the molecule is CN(C)C(=O)C1=CC2=CNC(Nc3ccc(CN4CCNCC4)cc3)NC2N1C1CCCC1. The van der Waals surface area contributed by atoms with Crippen LogP contribution in [0.4, 0.5) is 5.69 Å². The molecule has 8 nitrogen and oxygen atoms in total. The Balaban J connectivity index is 1.24. The van der Waals surface area contributed by atoms with E-state index in [1.807, 2.05) is 20.2 Å². The van der Waals surface area contributed by atoms with Gasteiger partial charge in [0, 0.05) is 70.3 Å². The van der Waals surface area contributed by atoms with E-state index in [4.69, 9.17) is 0 Å². The number of nitrogens with zero attached hydrogens (tertiary/aromatic N) is 3. The third-order valence-electron chi connectivity index (χ3n) is 7.14. The number of amides is 1. The van der Waals surface area contributed by atoms with Crippen molar-refractivity contribution in [2.24, 2.45) is 0 Å². The van der Waals surface area contributed by atoms with Crippen molar-refractivity contribution in [2.75, 3.05) is 45.6 Å². The summed E-state index contributed by atoms with van der Waals surface area (Å²) in [5.74, 6) is 0.0728. The van der Waals surface area contributed by atoms with Crippen LogP contribution in [0.3, 0.4) is 0 Å². The summed E-state index contributed by atoms with van der Waals surface area (Å²) >= 11 is 0. The first kappa shape index (κ1) is 22.3. The van der Waals surface area contributed by atoms with Gasteiger partial charge in [0.2, 0.25) is 0 Å². The molecule has 1 aromatic carbocycles. The van der Waals surface area contributed by atoms with Gasteiger partial charge in [-0.2, -0.15) is 0 Å². The molecule has 8 heteroatoms. The number of likely N-dealkylation sites (N-methyl/N-ethyl adjacent to an activating group) is 1. The molecule has 178 valence electrons. The van der Waals surface area contributed by atoms with E-state index < -0.39 is 0 Å². The van der Waals surface area contributed by atoms with Crippen molar-refractivity contribution in [3.05, 3.63) is 53.4 Å². The Kier molecular flexibility index (Phi) is 6.57. The summed E-state index contributed by atoms with van der Waals surface area (Å²) in [6.45, 7) is 5.36. The second-order valence-electron chi connectivity index (χ2n) is 9.76. The first-order valence-electron chi connectivity index (χ1n) is 12.3. The van der Waals surface area contributed by atoms with Crippen LogP contribution in [0.1, 0.15) is 31.2 Å². The maximum absolute atomic E-state index is 12.9. The summed E-state index contributed by atoms with van der Waals surface area (Å²) in [5.41, 5.74) is 4.34. The topological polar surface area (TPSA) is 74.9 Å². The summed E-state index contributed by atoms with van der Waals surface area (Å²) in [6.07, 6.45) is 8.75. The first-order chi connectivity index (χ1) is 16.1.